The van der Waals surface area contributed by atoms with Crippen LogP contribution in [-0.2, 0) is 18.9 Å². The molecular formula is C67H80N4O6. The van der Waals surface area contributed by atoms with Gasteiger partial charge in [0.2, 0.25) is 0 Å². The number of fused-ring (bicyclic) bond motifs is 5. The number of β-amino-alcohol motifs (C(OH)–C–C–N with tert-alkyl or cyclic N) is 2. The zero-order chi connectivity index (χ0) is 51.9. The highest BCUT2D eigenvalue weighted by atomic mass is 16.8. The lowest BCUT2D eigenvalue weighted by Crippen LogP contribution is -2.55. The van der Waals surface area contributed by atoms with Crippen molar-refractivity contribution in [2.24, 2.45) is 22.7 Å². The summed E-state index contributed by atoms with van der Waals surface area (Å²) in [5.41, 5.74) is 8.91. The summed E-state index contributed by atoms with van der Waals surface area (Å²) in [6.07, 6.45) is 35.7. The third-order valence-corrected chi connectivity index (χ3v) is 23.9. The van der Waals surface area contributed by atoms with E-state index >= 15 is 0 Å². The van der Waals surface area contributed by atoms with Gasteiger partial charge in [0.05, 0.1) is 34.6 Å². The number of allylic oxidation sites excluding steroid dienone is 2. The zero-order valence-electron chi connectivity index (χ0n) is 46.0. The summed E-state index contributed by atoms with van der Waals surface area (Å²) >= 11 is 0. The van der Waals surface area contributed by atoms with Gasteiger partial charge in [0, 0.05) is 73.8 Å². The van der Waals surface area contributed by atoms with E-state index < -0.39 is 18.0 Å². The maximum absolute atomic E-state index is 10.2. The third-order valence-electron chi connectivity index (χ3n) is 23.9. The maximum atomic E-state index is 10.2. The topological polar surface area (TPSA) is 110 Å². The fraction of sp³-hybridized carbons (Fsp3) is 0.612. The number of hydrogen-bond donors (Lipinski definition) is 2. The predicted octanol–water partition coefficient (Wildman–Crippen LogP) is 11.6. The highest BCUT2D eigenvalue weighted by Gasteiger charge is 2.69. The molecule has 0 unspecified atom stereocenters. The van der Waals surface area contributed by atoms with E-state index in [1.54, 1.807) is 5.57 Å². The second kappa shape index (κ2) is 17.0. The summed E-state index contributed by atoms with van der Waals surface area (Å²) in [5.74, 6) is 1.76. The van der Waals surface area contributed by atoms with Crippen molar-refractivity contribution < 1.29 is 29.2 Å². The van der Waals surface area contributed by atoms with Crippen molar-refractivity contribution in [3.05, 3.63) is 131 Å². The number of aromatic nitrogens is 2. The lowest BCUT2D eigenvalue weighted by molar-refractivity contribution is -0.162. The second-order valence-corrected chi connectivity index (χ2v) is 27.9. The van der Waals surface area contributed by atoms with Crippen LogP contribution in [-0.4, -0.2) is 121 Å². The quantitative estimate of drug-likeness (QED) is 0.205. The molecule has 4 aromatic rings. The van der Waals surface area contributed by atoms with Crippen LogP contribution in [0.3, 0.4) is 0 Å². The Labute approximate surface area is 455 Å². The van der Waals surface area contributed by atoms with Crippen LogP contribution in [0.5, 0.6) is 0 Å². The summed E-state index contributed by atoms with van der Waals surface area (Å²) < 4.78 is 27.5. The standard InChI is InChI=1S/C35H42N2O3.C32H38N2O3/c1-32(2)38-29-20-37(21-30(29)39-32)27-7-6-25-17-26-10-12-33(3)28(23-5-4-22-11-15-36-19-24(22)16-23)8-9-31(33)35(26)14-13-34(25,18-27)40-35;1-30-10-8-24-15-23-4-5-25(34-18-27(35)28(36)19-34)16-31(23)11-12-32(24,37-31)29(30)7-6-26(30)21-3-2-20-9-13-33-17-22(20)14-21/h4-5,10-11,15-17,19,27-31H,6-9,12-14,18,20-21H2,1-3H3;2-3,8-9,13-15,17,25-29,35-36H,4-7,10-12,16,18-19H2,1H3/t27-,28-,29-,30+,31-,33-,34-,35-;25-,26-,27-,28+,29-,30-,31-,32-/m11/s1. The maximum Gasteiger partial charge on any atom is 0.163 e. The molecule has 2 N–H and O–H groups in total. The highest BCUT2D eigenvalue weighted by Crippen LogP contribution is 2.71. The van der Waals surface area contributed by atoms with E-state index in [0.29, 0.717) is 48.8 Å². The Morgan fingerprint density at radius 1 is 0.532 bits per heavy atom. The molecule has 0 amide bonds. The van der Waals surface area contributed by atoms with Gasteiger partial charge in [-0.3, -0.25) is 19.8 Å². The van der Waals surface area contributed by atoms with Gasteiger partial charge >= 0.3 is 0 Å². The molecular weight excluding hydrogens is 957 g/mol. The van der Waals surface area contributed by atoms with Crippen molar-refractivity contribution in [2.75, 3.05) is 26.2 Å². The number of aliphatic hydroxyl groups is 2. The number of aliphatic hydroxyl groups excluding tert-OH is 2. The minimum Gasteiger partial charge on any atom is -0.389 e. The number of ether oxygens (including phenoxy) is 4. The van der Waals surface area contributed by atoms with Gasteiger partial charge in [-0.15, -0.1) is 0 Å². The smallest absolute Gasteiger partial charge is 0.163 e. The van der Waals surface area contributed by atoms with Gasteiger partial charge in [0.15, 0.2) is 5.79 Å². The lowest BCUT2D eigenvalue weighted by atomic mass is 9.58. The van der Waals surface area contributed by atoms with Gasteiger partial charge in [0.25, 0.3) is 0 Å². The van der Waals surface area contributed by atoms with E-state index in [1.165, 1.54) is 94.3 Å². The van der Waals surface area contributed by atoms with E-state index in [0.717, 1.165) is 70.9 Å². The van der Waals surface area contributed by atoms with Gasteiger partial charge in [-0.25, -0.2) is 0 Å². The Kier molecular flexibility index (Phi) is 10.8. The Morgan fingerprint density at radius 2 is 1.00 bits per heavy atom. The van der Waals surface area contributed by atoms with Crippen molar-refractivity contribution in [1.82, 2.24) is 19.8 Å². The van der Waals surface area contributed by atoms with Gasteiger partial charge in [0.1, 0.15) is 12.2 Å². The molecule has 10 heteroatoms. The molecule has 7 aliphatic heterocycles. The monoisotopic (exact) mass is 1040 g/mol. The number of nitrogens with zero attached hydrogens (tertiary/aromatic N) is 4. The number of pyridine rings is 2. The van der Waals surface area contributed by atoms with Crippen molar-refractivity contribution in [3.8, 4) is 0 Å². The van der Waals surface area contributed by atoms with Crippen molar-refractivity contribution in [3.63, 3.8) is 0 Å². The molecule has 404 valence electrons. The molecule has 6 aliphatic carbocycles. The minimum atomic E-state index is -0.619. The number of hydrogen-bond acceptors (Lipinski definition) is 10. The average Bonchev–Trinajstić information content (AvgIpc) is 4.12. The molecule has 2 aromatic heterocycles. The third kappa shape index (κ3) is 7.13. The van der Waals surface area contributed by atoms with Crippen LogP contribution in [0.15, 0.2) is 120 Å². The van der Waals surface area contributed by atoms with Crippen molar-refractivity contribution in [1.29, 1.82) is 0 Å². The first-order valence-electron chi connectivity index (χ1n) is 30.3. The summed E-state index contributed by atoms with van der Waals surface area (Å²) in [4.78, 5) is 13.8. The normalized spacial score (nSPS) is 44.9. The first-order chi connectivity index (χ1) is 37.2. The molecule has 17 rings (SSSR count). The van der Waals surface area contributed by atoms with Crippen LogP contribution in [0, 0.1) is 22.7 Å². The molecule has 16 atom stereocenters. The lowest BCUT2D eigenvalue weighted by Gasteiger charge is -2.55. The molecule has 2 aromatic carbocycles. The van der Waals surface area contributed by atoms with E-state index in [-0.39, 0.29) is 45.4 Å². The molecule has 77 heavy (non-hydrogen) atoms. The van der Waals surface area contributed by atoms with E-state index in [9.17, 15) is 10.2 Å². The molecule has 9 heterocycles. The molecule has 5 saturated heterocycles. The Morgan fingerprint density at radius 3 is 1.48 bits per heavy atom. The number of likely N-dealkylation sites (tertiary alicyclic amines) is 2. The Bertz CT molecular complexity index is 3200. The Hall–Kier alpha value is -4.10. The zero-order valence-corrected chi connectivity index (χ0v) is 46.0. The molecule has 13 aliphatic rings. The van der Waals surface area contributed by atoms with Crippen LogP contribution in [0.2, 0.25) is 0 Å². The first kappa shape index (κ1) is 48.8. The van der Waals surface area contributed by atoms with Gasteiger partial charge < -0.3 is 29.2 Å². The van der Waals surface area contributed by atoms with Gasteiger partial charge in [-0.1, -0.05) is 62.4 Å². The SMILES string of the molecule is CC1(C)O[C@H]2CN([C@@H]3CCC4=CC5=CC[C@]6(C)[C@@H](c7ccc8ccncc8c7)CC[C@H]6[C@@]56CC[C@]4(C3)O6)C[C@H]2O1.C[C@]12CC=C3C=C4CC[C@@H](N5C[C@@H](O)[C@@H](O)C5)C[C@]45CC[C@]3(O5)[C@@H]1CC[C@@H]2c1ccc2ccncc2c1. The molecule has 9 fully saturated rings. The van der Waals surface area contributed by atoms with Crippen LogP contribution >= 0.6 is 0 Å². The largest absolute Gasteiger partial charge is 0.389 e. The van der Waals surface area contributed by atoms with Crippen LogP contribution < -0.4 is 0 Å². The minimum absolute atomic E-state index is 0.0795. The van der Waals surface area contributed by atoms with Crippen LogP contribution in [0.25, 0.3) is 21.5 Å². The fourth-order valence-corrected chi connectivity index (χ4v) is 20.3. The summed E-state index contributed by atoms with van der Waals surface area (Å²) in [5, 5.41) is 25.4. The van der Waals surface area contributed by atoms with E-state index in [4.69, 9.17) is 18.9 Å². The molecule has 4 spiro atoms. The fourth-order valence-electron chi connectivity index (χ4n) is 20.3. The van der Waals surface area contributed by atoms with E-state index in [1.807, 2.05) is 38.6 Å². The predicted molar refractivity (Wildman–Crippen MR) is 298 cm³/mol. The summed E-state index contributed by atoms with van der Waals surface area (Å²) in [6.45, 7) is 12.4. The van der Waals surface area contributed by atoms with Crippen LogP contribution in [0.4, 0.5) is 0 Å². The molecule has 0 radical (unpaired) electrons. The summed E-state index contributed by atoms with van der Waals surface area (Å²) in [7, 11) is 0. The highest BCUT2D eigenvalue weighted by molar-refractivity contribution is 5.83. The first-order valence-corrected chi connectivity index (χ1v) is 30.3. The van der Waals surface area contributed by atoms with Crippen molar-refractivity contribution >= 4 is 21.5 Å². The van der Waals surface area contributed by atoms with Gasteiger partial charge in [-0.2, -0.15) is 0 Å². The molecule has 4 saturated carbocycles. The Balaban J connectivity index is 0.000000130. The van der Waals surface area contributed by atoms with Crippen LogP contribution in [0.1, 0.15) is 153 Å². The average molecular weight is 1040 g/mol. The van der Waals surface area contributed by atoms with Crippen molar-refractivity contribution in [2.45, 2.75) is 207 Å². The number of benzene rings is 2. The molecule has 10 nitrogen and oxygen atoms in total. The molecule has 4 bridgehead atoms. The van der Waals surface area contributed by atoms with Gasteiger partial charge in [-0.05, 0) is 220 Å². The summed E-state index contributed by atoms with van der Waals surface area (Å²) in [6, 6.07) is 19.3. The second-order valence-electron chi connectivity index (χ2n) is 27.9. The number of rotatable bonds is 4. The van der Waals surface area contributed by atoms with E-state index in [2.05, 4.69) is 106 Å².